The van der Waals surface area contributed by atoms with Crippen LogP contribution in [-0.2, 0) is 10.8 Å². The van der Waals surface area contributed by atoms with Crippen LogP contribution in [0.15, 0.2) is 18.2 Å². The maximum absolute atomic E-state index is 12.1. The Bertz CT molecular complexity index is 509. The Morgan fingerprint density at radius 2 is 2.15 bits per heavy atom. The standard InChI is InChI=1S/C14H20N2O3S/c1-2-19-13-4-3-10(9-12(13)15)14(17)16-11-5-7-20(18)8-6-11/h3-4,9,11H,2,5-8,15H2,1H3,(H,16,17). The Balaban J connectivity index is 1.98. The van der Waals surface area contributed by atoms with Crippen molar-refractivity contribution >= 4 is 22.4 Å². The molecule has 0 radical (unpaired) electrons. The molecule has 1 saturated heterocycles. The first-order chi connectivity index (χ1) is 9.60. The second kappa shape index (κ2) is 6.74. The van der Waals surface area contributed by atoms with E-state index in [1.807, 2.05) is 6.92 Å². The van der Waals surface area contributed by atoms with E-state index in [0.717, 1.165) is 12.8 Å². The molecule has 110 valence electrons. The topological polar surface area (TPSA) is 81.4 Å². The molecule has 0 saturated carbocycles. The first kappa shape index (κ1) is 14.8. The Hall–Kier alpha value is -1.56. The normalized spacial score (nSPS) is 22.2. The summed E-state index contributed by atoms with van der Waals surface area (Å²) in [4.78, 5) is 12.1. The molecule has 1 aromatic carbocycles. The van der Waals surface area contributed by atoms with Gasteiger partial charge in [-0.25, -0.2) is 0 Å². The van der Waals surface area contributed by atoms with Crippen molar-refractivity contribution in [2.75, 3.05) is 23.8 Å². The van der Waals surface area contributed by atoms with Crippen LogP contribution in [0, 0.1) is 0 Å². The number of ether oxygens (including phenoxy) is 1. The quantitative estimate of drug-likeness (QED) is 0.821. The van der Waals surface area contributed by atoms with E-state index in [1.165, 1.54) is 0 Å². The molecule has 3 N–H and O–H groups in total. The third-order valence-electron chi connectivity index (χ3n) is 3.30. The SMILES string of the molecule is CCOc1ccc(C(=O)NC2CCS(=O)CC2)cc1N. The molecule has 0 aromatic heterocycles. The molecule has 1 amide bonds. The lowest BCUT2D eigenvalue weighted by Gasteiger charge is -2.22. The van der Waals surface area contributed by atoms with Crippen LogP contribution in [0.3, 0.4) is 0 Å². The van der Waals surface area contributed by atoms with Crippen molar-refractivity contribution < 1.29 is 13.7 Å². The summed E-state index contributed by atoms with van der Waals surface area (Å²) in [6, 6.07) is 5.15. The van der Waals surface area contributed by atoms with Crippen molar-refractivity contribution in [1.29, 1.82) is 0 Å². The summed E-state index contributed by atoms with van der Waals surface area (Å²) in [6.07, 6.45) is 1.54. The summed E-state index contributed by atoms with van der Waals surface area (Å²) < 4.78 is 16.6. The van der Waals surface area contributed by atoms with E-state index in [9.17, 15) is 9.00 Å². The van der Waals surface area contributed by atoms with Crippen LogP contribution in [0.25, 0.3) is 0 Å². The summed E-state index contributed by atoms with van der Waals surface area (Å²) in [5.41, 5.74) is 6.84. The zero-order valence-corrected chi connectivity index (χ0v) is 12.4. The van der Waals surface area contributed by atoms with Crippen LogP contribution in [0.4, 0.5) is 5.69 Å². The molecule has 6 heteroatoms. The highest BCUT2D eigenvalue weighted by molar-refractivity contribution is 7.85. The fourth-order valence-corrected chi connectivity index (χ4v) is 3.48. The molecular formula is C14H20N2O3S. The smallest absolute Gasteiger partial charge is 0.251 e. The minimum absolute atomic E-state index is 0.105. The number of hydrogen-bond donors (Lipinski definition) is 2. The maximum Gasteiger partial charge on any atom is 0.251 e. The lowest BCUT2D eigenvalue weighted by molar-refractivity contribution is 0.0934. The number of rotatable bonds is 4. The van der Waals surface area contributed by atoms with Gasteiger partial charge in [0.25, 0.3) is 5.91 Å². The van der Waals surface area contributed by atoms with Crippen LogP contribution >= 0.6 is 0 Å². The molecule has 5 nitrogen and oxygen atoms in total. The van der Waals surface area contributed by atoms with E-state index in [1.54, 1.807) is 18.2 Å². The number of anilines is 1. The lowest BCUT2D eigenvalue weighted by atomic mass is 10.1. The van der Waals surface area contributed by atoms with Gasteiger partial charge in [-0.2, -0.15) is 0 Å². The second-order valence-corrected chi connectivity index (χ2v) is 6.48. The number of carbonyl (C=O) groups is 1. The highest BCUT2D eigenvalue weighted by atomic mass is 32.2. The lowest BCUT2D eigenvalue weighted by Crippen LogP contribution is -2.39. The van der Waals surface area contributed by atoms with Gasteiger partial charge in [0.1, 0.15) is 5.75 Å². The molecule has 1 aliphatic rings. The number of nitrogen functional groups attached to an aromatic ring is 1. The molecule has 0 bridgehead atoms. The van der Waals surface area contributed by atoms with E-state index in [0.29, 0.717) is 35.1 Å². The van der Waals surface area contributed by atoms with Gasteiger partial charge in [-0.05, 0) is 38.0 Å². The van der Waals surface area contributed by atoms with Crippen molar-refractivity contribution in [1.82, 2.24) is 5.32 Å². The van der Waals surface area contributed by atoms with Crippen molar-refractivity contribution in [2.45, 2.75) is 25.8 Å². The highest BCUT2D eigenvalue weighted by Crippen LogP contribution is 2.22. The third-order valence-corrected chi connectivity index (χ3v) is 4.68. The molecule has 20 heavy (non-hydrogen) atoms. The van der Waals surface area contributed by atoms with E-state index in [4.69, 9.17) is 10.5 Å². The van der Waals surface area contributed by atoms with Crippen LogP contribution in [0.1, 0.15) is 30.1 Å². The van der Waals surface area contributed by atoms with E-state index in [2.05, 4.69) is 5.32 Å². The number of hydrogen-bond acceptors (Lipinski definition) is 4. The van der Waals surface area contributed by atoms with Gasteiger partial charge in [-0.15, -0.1) is 0 Å². The van der Waals surface area contributed by atoms with Crippen LogP contribution in [0.2, 0.25) is 0 Å². The Morgan fingerprint density at radius 1 is 1.45 bits per heavy atom. The number of amides is 1. The summed E-state index contributed by atoms with van der Waals surface area (Å²) in [5, 5.41) is 2.96. The van der Waals surface area contributed by atoms with Gasteiger partial charge >= 0.3 is 0 Å². The predicted molar refractivity (Wildman–Crippen MR) is 80.4 cm³/mol. The van der Waals surface area contributed by atoms with Crippen molar-refractivity contribution in [3.8, 4) is 5.75 Å². The monoisotopic (exact) mass is 296 g/mol. The van der Waals surface area contributed by atoms with E-state index >= 15 is 0 Å². The van der Waals surface area contributed by atoms with E-state index < -0.39 is 10.8 Å². The summed E-state index contributed by atoms with van der Waals surface area (Å²) in [6.45, 7) is 2.42. The van der Waals surface area contributed by atoms with Crippen molar-refractivity contribution in [3.05, 3.63) is 23.8 Å². The summed E-state index contributed by atoms with van der Waals surface area (Å²) in [5.74, 6) is 1.78. The molecule has 0 atom stereocenters. The zero-order valence-electron chi connectivity index (χ0n) is 11.6. The van der Waals surface area contributed by atoms with Gasteiger partial charge in [0.2, 0.25) is 0 Å². The average Bonchev–Trinajstić information content (AvgIpc) is 2.44. The van der Waals surface area contributed by atoms with Gasteiger partial charge in [-0.3, -0.25) is 9.00 Å². The Labute approximate surface area is 121 Å². The van der Waals surface area contributed by atoms with Gasteiger partial charge in [0, 0.05) is 33.9 Å². The van der Waals surface area contributed by atoms with Gasteiger partial charge < -0.3 is 15.8 Å². The first-order valence-electron chi connectivity index (χ1n) is 6.78. The van der Waals surface area contributed by atoms with Gasteiger partial charge in [-0.1, -0.05) is 0 Å². The Morgan fingerprint density at radius 3 is 2.75 bits per heavy atom. The minimum Gasteiger partial charge on any atom is -0.492 e. The highest BCUT2D eigenvalue weighted by Gasteiger charge is 2.20. The number of nitrogens with two attached hydrogens (primary N) is 1. The summed E-state index contributed by atoms with van der Waals surface area (Å²) in [7, 11) is -0.717. The number of benzene rings is 1. The fourth-order valence-electron chi connectivity index (χ4n) is 2.18. The second-order valence-electron chi connectivity index (χ2n) is 4.78. The number of carbonyl (C=O) groups excluding carboxylic acids is 1. The molecule has 2 rings (SSSR count). The van der Waals surface area contributed by atoms with Crippen LogP contribution in [0.5, 0.6) is 5.75 Å². The average molecular weight is 296 g/mol. The Kier molecular flexibility index (Phi) is 5.00. The van der Waals surface area contributed by atoms with Crippen molar-refractivity contribution in [3.63, 3.8) is 0 Å². The molecule has 0 spiro atoms. The first-order valence-corrected chi connectivity index (χ1v) is 8.27. The van der Waals surface area contributed by atoms with Gasteiger partial charge in [0.05, 0.1) is 12.3 Å². The molecule has 1 aliphatic heterocycles. The fraction of sp³-hybridized carbons (Fsp3) is 0.500. The minimum atomic E-state index is -0.717. The maximum atomic E-state index is 12.1. The molecule has 0 unspecified atom stereocenters. The van der Waals surface area contributed by atoms with Crippen LogP contribution in [-0.4, -0.2) is 34.3 Å². The predicted octanol–water partition coefficient (Wildman–Crippen LogP) is 1.31. The molecular weight excluding hydrogens is 276 g/mol. The zero-order chi connectivity index (χ0) is 14.5. The molecule has 1 aromatic rings. The number of nitrogens with one attached hydrogen (secondary N) is 1. The van der Waals surface area contributed by atoms with Gasteiger partial charge in [0.15, 0.2) is 0 Å². The van der Waals surface area contributed by atoms with E-state index in [-0.39, 0.29) is 11.9 Å². The van der Waals surface area contributed by atoms with Crippen molar-refractivity contribution in [2.24, 2.45) is 0 Å². The summed E-state index contributed by atoms with van der Waals surface area (Å²) >= 11 is 0. The third kappa shape index (κ3) is 3.72. The largest absolute Gasteiger partial charge is 0.492 e. The molecule has 1 heterocycles. The molecule has 1 fully saturated rings. The van der Waals surface area contributed by atoms with Crippen LogP contribution < -0.4 is 15.8 Å². The molecule has 0 aliphatic carbocycles.